The number of rotatable bonds is 10. The zero-order chi connectivity index (χ0) is 21.4. The van der Waals surface area contributed by atoms with Crippen LogP contribution >= 0.6 is 0 Å². The van der Waals surface area contributed by atoms with Crippen LogP contribution in [-0.2, 0) is 19.1 Å². The van der Waals surface area contributed by atoms with Gasteiger partial charge in [-0.2, -0.15) is 0 Å². The molecular weight excluding hydrogens is 471 g/mol. The van der Waals surface area contributed by atoms with E-state index in [4.69, 9.17) is 9.47 Å². The van der Waals surface area contributed by atoms with E-state index in [1.165, 1.54) is 51.8 Å². The molecule has 0 saturated heterocycles. The van der Waals surface area contributed by atoms with E-state index in [1.54, 1.807) is 3.59 Å². The van der Waals surface area contributed by atoms with Gasteiger partial charge in [0.1, 0.15) is 0 Å². The summed E-state index contributed by atoms with van der Waals surface area (Å²) < 4.78 is 16.9. The van der Waals surface area contributed by atoms with Crippen LogP contribution in [0.15, 0.2) is 9.67 Å². The molecule has 29 heavy (non-hydrogen) atoms. The van der Waals surface area contributed by atoms with E-state index in [2.05, 4.69) is 26.8 Å². The first kappa shape index (κ1) is 26.5. The van der Waals surface area contributed by atoms with Gasteiger partial charge in [0.25, 0.3) is 0 Å². The maximum absolute atomic E-state index is 12.1. The monoisotopic (exact) mass is 516 g/mol. The molecule has 0 fully saturated rings. The second-order valence-corrected chi connectivity index (χ2v) is 21.9. The van der Waals surface area contributed by atoms with Crippen molar-refractivity contribution in [2.75, 3.05) is 13.2 Å². The fourth-order valence-corrected chi connectivity index (χ4v) is 21.5. The Kier molecular flexibility index (Phi) is 14.8. The van der Waals surface area contributed by atoms with Gasteiger partial charge in [0, 0.05) is 0 Å². The molecule has 0 N–H and O–H groups in total. The molecule has 0 aromatic rings. The molecule has 0 saturated carbocycles. The second kappa shape index (κ2) is 16.2. The molecule has 0 amide bonds. The molecule has 1 rings (SSSR count). The number of hydrogen-bond donors (Lipinski definition) is 0. The molecule has 4 nitrogen and oxygen atoms in total. The van der Waals surface area contributed by atoms with Gasteiger partial charge in [0.05, 0.1) is 0 Å². The number of esters is 2. The van der Waals surface area contributed by atoms with Gasteiger partial charge in [-0.15, -0.1) is 0 Å². The summed E-state index contributed by atoms with van der Waals surface area (Å²) in [5.41, 5.74) is 0. The van der Waals surface area contributed by atoms with E-state index in [9.17, 15) is 9.59 Å². The van der Waals surface area contributed by atoms with Crippen molar-refractivity contribution in [3.8, 4) is 0 Å². The number of unbranched alkanes of at least 4 members (excludes halogenated alkanes) is 3. The first-order valence-corrected chi connectivity index (χ1v) is 19.6. The van der Waals surface area contributed by atoms with Crippen molar-refractivity contribution in [2.45, 2.75) is 111 Å². The Bertz CT molecular complexity index is 479. The Morgan fingerprint density at radius 1 is 0.759 bits per heavy atom. The van der Waals surface area contributed by atoms with Crippen LogP contribution in [0.3, 0.4) is 0 Å². The minimum atomic E-state index is -2.54. The van der Waals surface area contributed by atoms with Crippen LogP contribution in [0.5, 0.6) is 0 Å². The Morgan fingerprint density at radius 2 is 1.24 bits per heavy atom. The minimum absolute atomic E-state index is 0.119. The zero-order valence-electron chi connectivity index (χ0n) is 19.2. The Morgan fingerprint density at radius 3 is 1.72 bits per heavy atom. The molecule has 1 aliphatic rings. The van der Waals surface area contributed by atoms with Gasteiger partial charge in [0.15, 0.2) is 0 Å². The first-order valence-electron chi connectivity index (χ1n) is 12.1. The van der Waals surface area contributed by atoms with Crippen molar-refractivity contribution in [2.24, 2.45) is 0 Å². The average molecular weight is 515 g/mol. The van der Waals surface area contributed by atoms with Gasteiger partial charge in [-0.25, -0.2) is 0 Å². The third kappa shape index (κ3) is 10.9. The molecule has 0 atom stereocenters. The van der Waals surface area contributed by atoms with E-state index in [-0.39, 0.29) is 11.9 Å². The summed E-state index contributed by atoms with van der Waals surface area (Å²) >= 11 is -2.54. The standard InChI is InChI=1S/C12H17O4.3C4H9.Sn/c13-11-7-3-4-8-12(14)16-10-6-2-1-5-9-15-11;3*1-3-4-2;/h1H,3-10H2;3*1,3-4H2,2H3;. The molecule has 1 aliphatic heterocycles. The van der Waals surface area contributed by atoms with Crippen LogP contribution in [0.4, 0.5) is 0 Å². The van der Waals surface area contributed by atoms with Crippen LogP contribution in [0.1, 0.15) is 97.8 Å². The predicted molar refractivity (Wildman–Crippen MR) is 123 cm³/mol. The fraction of sp³-hybridized carbons (Fsp3) is 0.833. The van der Waals surface area contributed by atoms with Gasteiger partial charge in [-0.1, -0.05) is 0 Å². The Labute approximate surface area is 183 Å². The normalized spacial score (nSPS) is 19.6. The number of ether oxygens (including phenoxy) is 2. The molecule has 0 bridgehead atoms. The van der Waals surface area contributed by atoms with Crippen LogP contribution in [0, 0.1) is 0 Å². The van der Waals surface area contributed by atoms with Gasteiger partial charge in [-0.3, -0.25) is 0 Å². The molecule has 0 aliphatic carbocycles. The summed E-state index contributed by atoms with van der Waals surface area (Å²) in [6, 6.07) is 0. The molecule has 0 spiro atoms. The van der Waals surface area contributed by atoms with E-state index in [0.29, 0.717) is 38.9 Å². The van der Waals surface area contributed by atoms with Crippen molar-refractivity contribution in [3.05, 3.63) is 9.67 Å². The van der Waals surface area contributed by atoms with Crippen molar-refractivity contribution in [3.63, 3.8) is 0 Å². The van der Waals surface area contributed by atoms with Gasteiger partial charge in [0.2, 0.25) is 0 Å². The van der Waals surface area contributed by atoms with E-state index in [0.717, 1.165) is 12.8 Å². The fourth-order valence-electron chi connectivity index (χ4n) is 4.35. The first-order chi connectivity index (χ1) is 14.1. The molecule has 1 heterocycles. The summed E-state index contributed by atoms with van der Waals surface area (Å²) in [7, 11) is 0. The van der Waals surface area contributed by atoms with Gasteiger partial charge in [-0.05, 0) is 0 Å². The summed E-state index contributed by atoms with van der Waals surface area (Å²) in [4.78, 5) is 24.0. The second-order valence-electron chi connectivity index (χ2n) is 8.51. The third-order valence-corrected chi connectivity index (χ3v) is 22.5. The summed E-state index contributed by atoms with van der Waals surface area (Å²) in [6.45, 7) is 7.88. The summed E-state index contributed by atoms with van der Waals surface area (Å²) in [5, 5.41) is 0. The number of carbonyl (C=O) groups excluding carboxylic acids is 2. The van der Waals surface area contributed by atoms with Crippen molar-refractivity contribution in [1.82, 2.24) is 0 Å². The van der Waals surface area contributed by atoms with Crippen LogP contribution in [-0.4, -0.2) is 43.5 Å². The van der Waals surface area contributed by atoms with Crippen molar-refractivity contribution >= 4 is 30.3 Å². The Balaban J connectivity index is 3.06. The average Bonchev–Trinajstić information content (AvgIpc) is 2.72. The molecule has 0 unspecified atom stereocenters. The van der Waals surface area contributed by atoms with E-state index < -0.39 is 18.4 Å². The molecular formula is C24H44O4Sn. The van der Waals surface area contributed by atoms with Crippen LogP contribution < -0.4 is 0 Å². The number of hydrogen-bond acceptors (Lipinski definition) is 4. The maximum atomic E-state index is 12.1. The quantitative estimate of drug-likeness (QED) is 0.239. The van der Waals surface area contributed by atoms with E-state index in [1.807, 2.05) is 0 Å². The zero-order valence-corrected chi connectivity index (χ0v) is 22.1. The molecule has 0 aromatic carbocycles. The van der Waals surface area contributed by atoms with Gasteiger partial charge < -0.3 is 0 Å². The Hall–Kier alpha value is -0.521. The molecule has 5 heteroatoms. The number of cyclic esters (lactones) is 2. The third-order valence-electron chi connectivity index (χ3n) is 6.13. The molecule has 0 aromatic heterocycles. The van der Waals surface area contributed by atoms with E-state index >= 15 is 0 Å². The van der Waals surface area contributed by atoms with Crippen molar-refractivity contribution in [1.29, 1.82) is 0 Å². The summed E-state index contributed by atoms with van der Waals surface area (Å²) in [5.74, 6) is -0.255. The number of carbonyl (C=O) groups is 2. The molecule has 0 radical (unpaired) electrons. The van der Waals surface area contributed by atoms with Crippen LogP contribution in [0.25, 0.3) is 0 Å². The topological polar surface area (TPSA) is 52.6 Å². The van der Waals surface area contributed by atoms with Crippen LogP contribution in [0.2, 0.25) is 13.3 Å². The van der Waals surface area contributed by atoms with Gasteiger partial charge >= 0.3 is 183 Å². The predicted octanol–water partition coefficient (Wildman–Crippen LogP) is 6.74. The molecule has 168 valence electrons. The summed E-state index contributed by atoms with van der Waals surface area (Å²) in [6.07, 6.45) is 14.0. The van der Waals surface area contributed by atoms with Crippen molar-refractivity contribution < 1.29 is 19.1 Å². The SMILES string of the molecule is CCC[CH2][Sn]([CH2]CCC)([CH2]CCC)/[C]1=C\CCOC(=O)CCCCC(=O)OCC1.